The van der Waals surface area contributed by atoms with Crippen LogP contribution in [0, 0.1) is 5.92 Å². The van der Waals surface area contributed by atoms with Gasteiger partial charge in [-0.2, -0.15) is 0 Å². The highest BCUT2D eigenvalue weighted by molar-refractivity contribution is 5.87. The lowest BCUT2D eigenvalue weighted by Gasteiger charge is -2.27. The minimum absolute atomic E-state index is 0.103. The third-order valence-corrected chi connectivity index (χ3v) is 3.07. The van der Waals surface area contributed by atoms with E-state index in [2.05, 4.69) is 10.1 Å². The number of ether oxygens (including phenoxy) is 1. The number of nitrogens with one attached hydrogen (secondary N) is 1. The van der Waals surface area contributed by atoms with Gasteiger partial charge in [-0.05, 0) is 18.8 Å². The predicted molar refractivity (Wildman–Crippen MR) is 69.0 cm³/mol. The van der Waals surface area contributed by atoms with E-state index in [0.29, 0.717) is 18.7 Å². The first-order chi connectivity index (χ1) is 8.88. The number of rotatable bonds is 3. The zero-order valence-corrected chi connectivity index (χ0v) is 11.5. The monoisotopic (exact) mass is 271 g/mol. The number of aliphatic hydroxyl groups excluding tert-OH is 1. The second kappa shape index (κ2) is 6.31. The van der Waals surface area contributed by atoms with E-state index in [1.54, 1.807) is 0 Å². The normalized spacial score (nSPS) is 19.3. The van der Waals surface area contributed by atoms with Gasteiger partial charge in [-0.3, -0.25) is 4.79 Å². The molecule has 4 N–H and O–H groups in total. The van der Waals surface area contributed by atoms with E-state index in [1.807, 2.05) is 13.8 Å². The SMILES string of the molecule is COC(=O)N[C@H](C(=O)N1CCC/C1=C(/N)O)C(C)C. The number of carbonyl (C=O) groups excluding carboxylic acids is 2. The summed E-state index contributed by atoms with van der Waals surface area (Å²) in [7, 11) is 1.24. The Bertz CT molecular complexity index is 388. The van der Waals surface area contributed by atoms with Crippen LogP contribution in [0.25, 0.3) is 0 Å². The number of alkyl carbamates (subject to hydrolysis) is 1. The van der Waals surface area contributed by atoms with Crippen LogP contribution in [0.1, 0.15) is 26.7 Å². The molecular formula is C12H21N3O4. The maximum atomic E-state index is 12.4. The minimum atomic E-state index is -0.708. The molecule has 0 saturated carbocycles. The average Bonchev–Trinajstić information content (AvgIpc) is 2.83. The number of likely N-dealkylation sites (tertiary alicyclic amines) is 1. The van der Waals surface area contributed by atoms with E-state index in [0.717, 1.165) is 6.42 Å². The van der Waals surface area contributed by atoms with E-state index in [-0.39, 0.29) is 17.7 Å². The zero-order valence-electron chi connectivity index (χ0n) is 11.5. The highest BCUT2D eigenvalue weighted by Crippen LogP contribution is 2.24. The summed E-state index contributed by atoms with van der Waals surface area (Å²) in [4.78, 5) is 25.1. The van der Waals surface area contributed by atoms with Gasteiger partial charge in [-0.15, -0.1) is 0 Å². The first-order valence-corrected chi connectivity index (χ1v) is 6.22. The first-order valence-electron chi connectivity index (χ1n) is 6.22. The number of nitrogens with two attached hydrogens (primary N) is 1. The molecule has 0 radical (unpaired) electrons. The van der Waals surface area contributed by atoms with Gasteiger partial charge in [0.25, 0.3) is 0 Å². The number of amides is 2. The van der Waals surface area contributed by atoms with Crippen LogP contribution in [0.15, 0.2) is 11.6 Å². The maximum absolute atomic E-state index is 12.4. The standard InChI is InChI=1S/C12H21N3O4/c1-7(2)9(14-12(18)19-3)11(17)15-6-4-5-8(15)10(13)16/h7,9,16H,4-6,13H2,1-3H3,(H,14,18)/b10-8+/t9-/m0/s1. The summed E-state index contributed by atoms with van der Waals surface area (Å²) in [6.45, 7) is 4.13. The summed E-state index contributed by atoms with van der Waals surface area (Å²) in [5.74, 6) is -0.732. The Hall–Kier alpha value is -1.92. The quantitative estimate of drug-likeness (QED) is 0.654. The van der Waals surface area contributed by atoms with Crippen molar-refractivity contribution in [1.82, 2.24) is 10.2 Å². The number of allylic oxidation sites excluding steroid dienone is 1. The van der Waals surface area contributed by atoms with Gasteiger partial charge in [0.05, 0.1) is 12.8 Å². The van der Waals surface area contributed by atoms with Gasteiger partial charge in [0.1, 0.15) is 6.04 Å². The van der Waals surface area contributed by atoms with Crippen LogP contribution in [-0.4, -0.2) is 41.7 Å². The van der Waals surface area contributed by atoms with Gasteiger partial charge in [-0.25, -0.2) is 4.79 Å². The number of nitrogens with zero attached hydrogens (tertiary/aromatic N) is 1. The van der Waals surface area contributed by atoms with Crippen LogP contribution in [0.4, 0.5) is 4.79 Å². The molecule has 7 heteroatoms. The van der Waals surface area contributed by atoms with Gasteiger partial charge < -0.3 is 25.8 Å². The topological polar surface area (TPSA) is 105 Å². The molecule has 108 valence electrons. The van der Waals surface area contributed by atoms with E-state index < -0.39 is 12.1 Å². The van der Waals surface area contributed by atoms with Crippen molar-refractivity contribution in [1.29, 1.82) is 0 Å². The molecule has 1 heterocycles. The fraction of sp³-hybridized carbons (Fsp3) is 0.667. The van der Waals surface area contributed by atoms with Crippen molar-refractivity contribution < 1.29 is 19.4 Å². The van der Waals surface area contributed by atoms with Crippen LogP contribution in [0.5, 0.6) is 0 Å². The van der Waals surface area contributed by atoms with Crippen molar-refractivity contribution in [3.05, 3.63) is 11.6 Å². The van der Waals surface area contributed by atoms with Gasteiger partial charge >= 0.3 is 6.09 Å². The lowest BCUT2D eigenvalue weighted by atomic mass is 10.0. The molecule has 2 amide bonds. The molecule has 1 fully saturated rings. The number of carbonyl (C=O) groups is 2. The largest absolute Gasteiger partial charge is 0.494 e. The molecule has 0 spiro atoms. The van der Waals surface area contributed by atoms with Crippen molar-refractivity contribution in [2.45, 2.75) is 32.7 Å². The van der Waals surface area contributed by atoms with Gasteiger partial charge in [-0.1, -0.05) is 13.8 Å². The highest BCUT2D eigenvalue weighted by atomic mass is 16.5. The van der Waals surface area contributed by atoms with Crippen LogP contribution in [-0.2, 0) is 9.53 Å². The summed E-state index contributed by atoms with van der Waals surface area (Å²) in [5, 5.41) is 11.9. The fourth-order valence-electron chi connectivity index (χ4n) is 2.05. The molecule has 0 aliphatic carbocycles. The lowest BCUT2D eigenvalue weighted by Crippen LogP contribution is -2.50. The summed E-state index contributed by atoms with van der Waals surface area (Å²) in [6, 6.07) is -0.708. The lowest BCUT2D eigenvalue weighted by molar-refractivity contribution is -0.132. The average molecular weight is 271 g/mol. The van der Waals surface area contributed by atoms with Crippen LogP contribution in [0.2, 0.25) is 0 Å². The second-order valence-electron chi connectivity index (χ2n) is 4.78. The van der Waals surface area contributed by atoms with Crippen LogP contribution >= 0.6 is 0 Å². The molecule has 1 atom stereocenters. The summed E-state index contributed by atoms with van der Waals surface area (Å²) < 4.78 is 4.51. The molecule has 0 aromatic carbocycles. The van der Waals surface area contributed by atoms with Crippen molar-refractivity contribution in [2.75, 3.05) is 13.7 Å². The Kier molecular flexibility index (Phi) is 5.02. The zero-order chi connectivity index (χ0) is 14.6. The molecule has 1 aliphatic rings. The van der Waals surface area contributed by atoms with Gasteiger partial charge in [0, 0.05) is 6.54 Å². The summed E-state index contributed by atoms with van der Waals surface area (Å²) in [6.07, 6.45) is 0.636. The molecule has 1 aliphatic heterocycles. The number of aliphatic hydroxyl groups is 1. The van der Waals surface area contributed by atoms with Gasteiger partial charge in [0.15, 0.2) is 0 Å². The number of methoxy groups -OCH3 is 1. The summed E-state index contributed by atoms with van der Waals surface area (Å²) >= 11 is 0. The Balaban J connectivity index is 2.88. The Morgan fingerprint density at radius 3 is 2.58 bits per heavy atom. The maximum Gasteiger partial charge on any atom is 0.407 e. The minimum Gasteiger partial charge on any atom is -0.494 e. The van der Waals surface area contributed by atoms with Crippen molar-refractivity contribution in [3.63, 3.8) is 0 Å². The number of hydrogen-bond donors (Lipinski definition) is 3. The Morgan fingerprint density at radius 1 is 1.47 bits per heavy atom. The van der Waals surface area contributed by atoms with Crippen LogP contribution in [0.3, 0.4) is 0 Å². The van der Waals surface area contributed by atoms with Crippen molar-refractivity contribution >= 4 is 12.0 Å². The highest BCUT2D eigenvalue weighted by Gasteiger charge is 2.33. The van der Waals surface area contributed by atoms with E-state index >= 15 is 0 Å². The molecule has 0 unspecified atom stereocenters. The van der Waals surface area contributed by atoms with E-state index in [4.69, 9.17) is 5.73 Å². The molecule has 0 aromatic rings. The predicted octanol–water partition coefficient (Wildman–Crippen LogP) is 0.675. The third kappa shape index (κ3) is 3.52. The first kappa shape index (κ1) is 15.1. The molecule has 7 nitrogen and oxygen atoms in total. The molecule has 0 bridgehead atoms. The van der Waals surface area contributed by atoms with E-state index in [9.17, 15) is 14.7 Å². The number of hydrogen-bond acceptors (Lipinski definition) is 5. The third-order valence-electron chi connectivity index (χ3n) is 3.07. The molecule has 1 saturated heterocycles. The molecule has 0 aromatic heterocycles. The smallest absolute Gasteiger partial charge is 0.407 e. The Morgan fingerprint density at radius 2 is 2.11 bits per heavy atom. The fourth-order valence-corrected chi connectivity index (χ4v) is 2.05. The van der Waals surface area contributed by atoms with Crippen LogP contribution < -0.4 is 11.1 Å². The Labute approximate surface area is 112 Å². The van der Waals surface area contributed by atoms with E-state index in [1.165, 1.54) is 12.0 Å². The van der Waals surface area contributed by atoms with Crippen molar-refractivity contribution in [3.8, 4) is 0 Å². The van der Waals surface area contributed by atoms with Gasteiger partial charge in [0.2, 0.25) is 11.8 Å². The molecular weight excluding hydrogens is 250 g/mol. The van der Waals surface area contributed by atoms with Crippen molar-refractivity contribution in [2.24, 2.45) is 11.7 Å². The molecule has 19 heavy (non-hydrogen) atoms. The second-order valence-corrected chi connectivity index (χ2v) is 4.78. The molecule has 1 rings (SSSR count). The summed E-state index contributed by atoms with van der Waals surface area (Å²) in [5.41, 5.74) is 5.78.